The van der Waals surface area contributed by atoms with Gasteiger partial charge in [-0.25, -0.2) is 9.48 Å². The van der Waals surface area contributed by atoms with Crippen molar-refractivity contribution in [1.82, 2.24) is 14.7 Å². The van der Waals surface area contributed by atoms with Crippen LogP contribution in [-0.4, -0.2) is 33.9 Å². The van der Waals surface area contributed by atoms with E-state index in [2.05, 4.69) is 5.10 Å². The molecule has 0 bridgehead atoms. The van der Waals surface area contributed by atoms with Gasteiger partial charge in [0.1, 0.15) is 6.61 Å². The highest BCUT2D eigenvalue weighted by atomic mass is 19.4. The van der Waals surface area contributed by atoms with Gasteiger partial charge in [-0.15, -0.1) is 0 Å². The molecule has 3 aromatic rings. The number of hydrogen-bond acceptors (Lipinski definition) is 3. The number of para-hydroxylation sites is 1. The average molecular weight is 361 g/mol. The number of ether oxygens (including phenoxy) is 1. The van der Waals surface area contributed by atoms with Crippen molar-refractivity contribution in [3.63, 3.8) is 0 Å². The minimum absolute atomic E-state index is 0.285. The van der Waals surface area contributed by atoms with Crippen LogP contribution in [0.5, 0.6) is 0 Å². The van der Waals surface area contributed by atoms with E-state index >= 15 is 0 Å². The van der Waals surface area contributed by atoms with E-state index in [4.69, 9.17) is 4.74 Å². The van der Waals surface area contributed by atoms with Gasteiger partial charge in [-0.2, -0.15) is 18.3 Å². The van der Waals surface area contributed by atoms with Crippen LogP contribution in [0.2, 0.25) is 0 Å². The largest absolute Gasteiger partial charge is 0.448 e. The molecule has 1 aliphatic rings. The molecule has 1 aromatic heterocycles. The summed E-state index contributed by atoms with van der Waals surface area (Å²) in [5.41, 5.74) is 1.23. The topological polar surface area (TPSA) is 47.4 Å². The Morgan fingerprint density at radius 3 is 2.46 bits per heavy atom. The Kier molecular flexibility index (Phi) is 3.82. The zero-order valence-corrected chi connectivity index (χ0v) is 13.5. The van der Waals surface area contributed by atoms with Crippen LogP contribution in [0, 0.1) is 0 Å². The maximum absolute atomic E-state index is 12.8. The lowest BCUT2D eigenvalue weighted by atomic mass is 10.2. The highest BCUT2D eigenvalue weighted by molar-refractivity contribution is 5.84. The molecule has 4 rings (SSSR count). The molecule has 8 heteroatoms. The molecule has 1 saturated heterocycles. The quantitative estimate of drug-likeness (QED) is 0.709. The lowest BCUT2D eigenvalue weighted by Gasteiger charge is -2.10. The van der Waals surface area contributed by atoms with Crippen LogP contribution in [0.1, 0.15) is 11.3 Å². The van der Waals surface area contributed by atoms with Crippen molar-refractivity contribution in [2.75, 3.05) is 13.2 Å². The molecule has 2 heterocycles. The number of halogens is 3. The third-order valence-electron chi connectivity index (χ3n) is 4.29. The number of aromatic nitrogens is 2. The predicted octanol–water partition coefficient (Wildman–Crippen LogP) is 4.00. The minimum atomic E-state index is -4.38. The second-order valence-corrected chi connectivity index (χ2v) is 5.96. The number of carbonyl (C=O) groups excluding carboxylic acids is 1. The summed E-state index contributed by atoms with van der Waals surface area (Å²) < 4.78 is 44.8. The monoisotopic (exact) mass is 361 g/mol. The molecule has 1 fully saturated rings. The summed E-state index contributed by atoms with van der Waals surface area (Å²) in [6.07, 6.45) is -4.77. The summed E-state index contributed by atoms with van der Waals surface area (Å²) in [5.74, 6) is 0. The van der Waals surface area contributed by atoms with Crippen molar-refractivity contribution < 1.29 is 22.7 Å². The fourth-order valence-electron chi connectivity index (χ4n) is 2.99. The third kappa shape index (κ3) is 2.87. The molecule has 26 heavy (non-hydrogen) atoms. The van der Waals surface area contributed by atoms with E-state index in [0.29, 0.717) is 24.5 Å². The fourth-order valence-corrected chi connectivity index (χ4v) is 2.99. The van der Waals surface area contributed by atoms with Crippen molar-refractivity contribution in [3.8, 4) is 5.69 Å². The first-order valence-electron chi connectivity index (χ1n) is 7.99. The molecule has 0 atom stereocenters. The standard InChI is InChI=1S/C18H14F3N3O2/c19-18(20,21)12-5-7-13(8-6-12)24-16-4-2-1-3-14(16)15(22-24)11-23-9-10-26-17(23)25/h1-8H,9-11H2. The van der Waals surface area contributed by atoms with Gasteiger partial charge in [0.05, 0.1) is 35.6 Å². The maximum atomic E-state index is 12.8. The SMILES string of the molecule is O=C1OCCN1Cc1nn(-c2ccc(C(F)(F)F)cc2)c2ccccc12. The van der Waals surface area contributed by atoms with Crippen LogP contribution in [0.4, 0.5) is 18.0 Å². The number of amides is 1. The summed E-state index contributed by atoms with van der Waals surface area (Å²) in [7, 11) is 0. The van der Waals surface area contributed by atoms with Gasteiger partial charge in [-0.3, -0.25) is 4.90 Å². The molecule has 0 saturated carbocycles. The van der Waals surface area contributed by atoms with Crippen molar-refractivity contribution >= 4 is 17.0 Å². The van der Waals surface area contributed by atoms with E-state index < -0.39 is 17.8 Å². The average Bonchev–Trinajstić information content (AvgIpc) is 3.19. The Labute approximate surface area is 146 Å². The molecule has 1 aliphatic heterocycles. The molecule has 0 radical (unpaired) electrons. The molecule has 5 nitrogen and oxygen atoms in total. The second-order valence-electron chi connectivity index (χ2n) is 5.96. The van der Waals surface area contributed by atoms with Crippen molar-refractivity contribution in [2.45, 2.75) is 12.7 Å². The van der Waals surface area contributed by atoms with E-state index in [1.165, 1.54) is 12.1 Å². The summed E-state index contributed by atoms with van der Waals surface area (Å²) in [5, 5.41) is 5.38. The molecule has 0 N–H and O–H groups in total. The smallest absolute Gasteiger partial charge is 0.416 e. The molecule has 1 amide bonds. The van der Waals surface area contributed by atoms with E-state index in [1.807, 2.05) is 24.3 Å². The first kappa shape index (κ1) is 16.4. The highest BCUT2D eigenvalue weighted by Gasteiger charge is 2.30. The van der Waals surface area contributed by atoms with Crippen LogP contribution in [0.15, 0.2) is 48.5 Å². The molecule has 0 aliphatic carbocycles. The summed E-state index contributed by atoms with van der Waals surface area (Å²) in [6.45, 7) is 1.11. The van der Waals surface area contributed by atoms with Gasteiger partial charge < -0.3 is 4.74 Å². The number of benzene rings is 2. The van der Waals surface area contributed by atoms with E-state index in [1.54, 1.807) is 9.58 Å². The summed E-state index contributed by atoms with van der Waals surface area (Å²) in [4.78, 5) is 13.2. The zero-order chi connectivity index (χ0) is 18.3. The lowest BCUT2D eigenvalue weighted by Crippen LogP contribution is -2.23. The number of carbonyl (C=O) groups is 1. The number of alkyl halides is 3. The number of rotatable bonds is 3. The number of nitrogens with zero attached hydrogens (tertiary/aromatic N) is 3. The van der Waals surface area contributed by atoms with Crippen molar-refractivity contribution in [1.29, 1.82) is 0 Å². The molecular weight excluding hydrogens is 347 g/mol. The van der Waals surface area contributed by atoms with Crippen molar-refractivity contribution in [3.05, 3.63) is 59.8 Å². The van der Waals surface area contributed by atoms with Gasteiger partial charge in [0, 0.05) is 5.39 Å². The number of cyclic esters (lactones) is 1. The third-order valence-corrected chi connectivity index (χ3v) is 4.29. The Hall–Kier alpha value is -3.03. The van der Waals surface area contributed by atoms with Gasteiger partial charge in [-0.05, 0) is 30.3 Å². The fraction of sp³-hybridized carbons (Fsp3) is 0.222. The van der Waals surface area contributed by atoms with Crippen molar-refractivity contribution in [2.24, 2.45) is 0 Å². The van der Waals surface area contributed by atoms with Gasteiger partial charge in [0.2, 0.25) is 0 Å². The Bertz CT molecular complexity index is 964. The lowest BCUT2D eigenvalue weighted by molar-refractivity contribution is -0.137. The molecular formula is C18H14F3N3O2. The minimum Gasteiger partial charge on any atom is -0.448 e. The van der Waals surface area contributed by atoms with Gasteiger partial charge in [-0.1, -0.05) is 18.2 Å². The zero-order valence-electron chi connectivity index (χ0n) is 13.5. The highest BCUT2D eigenvalue weighted by Crippen LogP contribution is 2.30. The normalized spacial score (nSPS) is 14.9. The summed E-state index contributed by atoms with van der Waals surface area (Å²) in [6, 6.07) is 12.2. The second kappa shape index (κ2) is 6.05. The number of hydrogen-bond donors (Lipinski definition) is 0. The molecule has 0 unspecified atom stereocenters. The Balaban J connectivity index is 1.75. The van der Waals surface area contributed by atoms with Crippen LogP contribution in [-0.2, 0) is 17.5 Å². The maximum Gasteiger partial charge on any atom is 0.416 e. The number of fused-ring (bicyclic) bond motifs is 1. The van der Waals surface area contributed by atoms with Crippen LogP contribution in [0.25, 0.3) is 16.6 Å². The predicted molar refractivity (Wildman–Crippen MR) is 87.8 cm³/mol. The Morgan fingerprint density at radius 1 is 1.08 bits per heavy atom. The molecule has 0 spiro atoms. The summed E-state index contributed by atoms with van der Waals surface area (Å²) >= 11 is 0. The van der Waals surface area contributed by atoms with Crippen LogP contribution in [0.3, 0.4) is 0 Å². The molecule has 134 valence electrons. The van der Waals surface area contributed by atoms with Gasteiger partial charge in [0.15, 0.2) is 0 Å². The van der Waals surface area contributed by atoms with Gasteiger partial charge in [0.25, 0.3) is 0 Å². The van der Waals surface area contributed by atoms with Crippen LogP contribution < -0.4 is 0 Å². The first-order valence-corrected chi connectivity index (χ1v) is 7.99. The molecule has 2 aromatic carbocycles. The van der Waals surface area contributed by atoms with E-state index in [9.17, 15) is 18.0 Å². The Morgan fingerprint density at radius 2 is 1.81 bits per heavy atom. The first-order chi connectivity index (χ1) is 12.4. The van der Waals surface area contributed by atoms with E-state index in [-0.39, 0.29) is 6.54 Å². The van der Waals surface area contributed by atoms with E-state index in [0.717, 1.165) is 23.0 Å². The van der Waals surface area contributed by atoms with Gasteiger partial charge >= 0.3 is 12.3 Å². The van der Waals surface area contributed by atoms with Crippen LogP contribution >= 0.6 is 0 Å².